The van der Waals surface area contributed by atoms with E-state index in [1.807, 2.05) is 30.3 Å². The Balaban J connectivity index is 2.25. The fourth-order valence-corrected chi connectivity index (χ4v) is 1.72. The van der Waals surface area contributed by atoms with Crippen LogP contribution in [0.15, 0.2) is 53.5 Å². The van der Waals surface area contributed by atoms with Crippen LogP contribution in [-0.4, -0.2) is 17.6 Å². The molecule has 2 amide bonds. The number of benzene rings is 1. The molecular weight excluding hydrogens is 242 g/mol. The van der Waals surface area contributed by atoms with Crippen molar-refractivity contribution in [2.24, 2.45) is 0 Å². The molecule has 0 aliphatic carbocycles. The van der Waals surface area contributed by atoms with Crippen LogP contribution in [0, 0.1) is 0 Å². The van der Waals surface area contributed by atoms with Gasteiger partial charge in [0.1, 0.15) is 5.69 Å². The van der Waals surface area contributed by atoms with Gasteiger partial charge < -0.3 is 15.2 Å². The lowest BCUT2D eigenvalue weighted by molar-refractivity contribution is 0.254. The molecule has 2 rings (SSSR count). The smallest absolute Gasteiger partial charge is 0.319 e. The van der Waals surface area contributed by atoms with Crippen LogP contribution in [0.2, 0.25) is 0 Å². The average molecular weight is 257 g/mol. The fraction of sp³-hybridized carbons (Fsp3) is 0.143. The molecule has 5 nitrogen and oxygen atoms in total. The number of pyridine rings is 1. The van der Waals surface area contributed by atoms with Gasteiger partial charge in [-0.05, 0) is 17.7 Å². The van der Waals surface area contributed by atoms with Crippen LogP contribution in [0.3, 0.4) is 0 Å². The van der Waals surface area contributed by atoms with Gasteiger partial charge in [0, 0.05) is 13.2 Å². The monoisotopic (exact) mass is 257 g/mol. The molecule has 19 heavy (non-hydrogen) atoms. The predicted molar refractivity (Wildman–Crippen MR) is 74.3 cm³/mol. The summed E-state index contributed by atoms with van der Waals surface area (Å²) in [6.45, 7) is 0.475. The largest absolute Gasteiger partial charge is 0.341 e. The van der Waals surface area contributed by atoms with Crippen molar-refractivity contribution in [3.8, 4) is 0 Å². The third-order valence-electron chi connectivity index (χ3n) is 2.69. The first-order valence-electron chi connectivity index (χ1n) is 5.93. The zero-order valence-corrected chi connectivity index (χ0v) is 10.6. The van der Waals surface area contributed by atoms with Crippen molar-refractivity contribution in [2.45, 2.75) is 6.54 Å². The second-order valence-corrected chi connectivity index (χ2v) is 4.04. The molecule has 0 unspecified atom stereocenters. The molecule has 0 bridgehead atoms. The summed E-state index contributed by atoms with van der Waals surface area (Å²) in [5.74, 6) is 0. The molecule has 0 atom stereocenters. The van der Waals surface area contributed by atoms with Crippen molar-refractivity contribution >= 4 is 11.7 Å². The van der Waals surface area contributed by atoms with Gasteiger partial charge in [0.2, 0.25) is 0 Å². The molecule has 0 fully saturated rings. The number of carbonyl (C=O) groups excluding carboxylic acids is 1. The van der Waals surface area contributed by atoms with Gasteiger partial charge in [-0.3, -0.25) is 4.79 Å². The van der Waals surface area contributed by atoms with E-state index in [1.165, 1.54) is 7.05 Å². The molecule has 0 aliphatic rings. The number of rotatable bonds is 3. The number of hydrogen-bond donors (Lipinski definition) is 2. The van der Waals surface area contributed by atoms with Crippen molar-refractivity contribution in [2.75, 3.05) is 12.4 Å². The third-order valence-corrected chi connectivity index (χ3v) is 2.69. The van der Waals surface area contributed by atoms with E-state index in [4.69, 9.17) is 0 Å². The maximum absolute atomic E-state index is 12.1. The number of nitrogens with one attached hydrogen (secondary N) is 2. The van der Waals surface area contributed by atoms with Crippen molar-refractivity contribution in [3.63, 3.8) is 0 Å². The van der Waals surface area contributed by atoms with Crippen molar-refractivity contribution in [3.05, 3.63) is 64.6 Å². The molecule has 0 spiro atoms. The number of anilines is 1. The zero-order chi connectivity index (χ0) is 13.7. The molecule has 0 saturated heterocycles. The molecule has 1 aromatic carbocycles. The lowest BCUT2D eigenvalue weighted by atomic mass is 10.2. The van der Waals surface area contributed by atoms with Gasteiger partial charge in [0.05, 0.1) is 6.54 Å². The highest BCUT2D eigenvalue weighted by atomic mass is 16.2. The van der Waals surface area contributed by atoms with Gasteiger partial charge in [0.15, 0.2) is 0 Å². The number of nitrogens with zero attached hydrogens (tertiary/aromatic N) is 1. The molecule has 5 heteroatoms. The molecule has 2 N–H and O–H groups in total. The fourth-order valence-electron chi connectivity index (χ4n) is 1.72. The Morgan fingerprint density at radius 3 is 2.58 bits per heavy atom. The summed E-state index contributed by atoms with van der Waals surface area (Å²) in [6.07, 6.45) is 1.70. The van der Waals surface area contributed by atoms with E-state index in [9.17, 15) is 9.59 Å². The molecular formula is C14H15N3O2. The van der Waals surface area contributed by atoms with Crippen LogP contribution >= 0.6 is 0 Å². The second-order valence-electron chi connectivity index (χ2n) is 4.04. The van der Waals surface area contributed by atoms with E-state index in [0.717, 1.165) is 5.56 Å². The summed E-state index contributed by atoms with van der Waals surface area (Å²) >= 11 is 0. The van der Waals surface area contributed by atoms with E-state index in [-0.39, 0.29) is 11.2 Å². The van der Waals surface area contributed by atoms with Gasteiger partial charge in [-0.15, -0.1) is 0 Å². The minimum atomic E-state index is -0.408. The SMILES string of the molecule is CNC(=O)Nc1cccn(Cc2ccccc2)c1=O. The normalized spacial score (nSPS) is 9.95. The summed E-state index contributed by atoms with van der Waals surface area (Å²) in [7, 11) is 1.50. The minimum Gasteiger partial charge on any atom is -0.341 e. The van der Waals surface area contributed by atoms with Crippen LogP contribution in [0.1, 0.15) is 5.56 Å². The number of hydrogen-bond acceptors (Lipinski definition) is 2. The molecule has 1 heterocycles. The summed E-state index contributed by atoms with van der Waals surface area (Å²) in [5, 5.41) is 4.91. The molecule has 98 valence electrons. The van der Waals surface area contributed by atoms with E-state index in [0.29, 0.717) is 6.54 Å². The quantitative estimate of drug-likeness (QED) is 0.878. The van der Waals surface area contributed by atoms with Crippen molar-refractivity contribution < 1.29 is 4.79 Å². The Morgan fingerprint density at radius 1 is 1.16 bits per heavy atom. The number of carbonyl (C=O) groups is 1. The minimum absolute atomic E-state index is 0.227. The standard InChI is InChI=1S/C14H15N3O2/c1-15-14(19)16-12-8-5-9-17(13(12)18)10-11-6-3-2-4-7-11/h2-9H,10H2,1H3,(H2,15,16,19). The maximum Gasteiger partial charge on any atom is 0.319 e. The molecule has 0 radical (unpaired) electrons. The van der Waals surface area contributed by atoms with Gasteiger partial charge in [-0.25, -0.2) is 4.79 Å². The van der Waals surface area contributed by atoms with Gasteiger partial charge in [0.25, 0.3) is 5.56 Å². The van der Waals surface area contributed by atoms with Crippen molar-refractivity contribution in [1.82, 2.24) is 9.88 Å². The van der Waals surface area contributed by atoms with E-state index >= 15 is 0 Å². The van der Waals surface area contributed by atoms with E-state index in [2.05, 4.69) is 10.6 Å². The highest BCUT2D eigenvalue weighted by molar-refractivity contribution is 5.88. The molecule has 0 saturated carbocycles. The average Bonchev–Trinajstić information content (AvgIpc) is 2.44. The summed E-state index contributed by atoms with van der Waals surface area (Å²) in [6, 6.07) is 12.6. The number of urea groups is 1. The topological polar surface area (TPSA) is 63.1 Å². The highest BCUT2D eigenvalue weighted by Crippen LogP contribution is 2.03. The van der Waals surface area contributed by atoms with Crippen LogP contribution in [-0.2, 0) is 6.54 Å². The predicted octanol–water partition coefficient (Wildman–Crippen LogP) is 1.65. The van der Waals surface area contributed by atoms with E-state index < -0.39 is 6.03 Å². The van der Waals surface area contributed by atoms with Crippen LogP contribution in [0.4, 0.5) is 10.5 Å². The molecule has 1 aromatic heterocycles. The van der Waals surface area contributed by atoms with Gasteiger partial charge >= 0.3 is 6.03 Å². The lowest BCUT2D eigenvalue weighted by Gasteiger charge is -2.09. The number of amides is 2. The summed E-state index contributed by atoms with van der Waals surface area (Å²) in [5.41, 5.74) is 1.06. The Kier molecular flexibility index (Phi) is 3.97. The molecule has 2 aromatic rings. The van der Waals surface area contributed by atoms with Gasteiger partial charge in [-0.1, -0.05) is 30.3 Å². The number of aromatic nitrogens is 1. The maximum atomic E-state index is 12.1. The van der Waals surface area contributed by atoms with Crippen LogP contribution in [0.5, 0.6) is 0 Å². The highest BCUT2D eigenvalue weighted by Gasteiger charge is 2.06. The van der Waals surface area contributed by atoms with E-state index in [1.54, 1.807) is 22.9 Å². The summed E-state index contributed by atoms with van der Waals surface area (Å²) in [4.78, 5) is 23.4. The Morgan fingerprint density at radius 2 is 1.89 bits per heavy atom. The second kappa shape index (κ2) is 5.86. The zero-order valence-electron chi connectivity index (χ0n) is 10.6. The third kappa shape index (κ3) is 3.22. The Bertz CT molecular complexity index is 620. The Hall–Kier alpha value is -2.56. The van der Waals surface area contributed by atoms with Crippen molar-refractivity contribution in [1.29, 1.82) is 0 Å². The first-order chi connectivity index (χ1) is 9.20. The van der Waals surface area contributed by atoms with Gasteiger partial charge in [-0.2, -0.15) is 0 Å². The lowest BCUT2D eigenvalue weighted by Crippen LogP contribution is -2.30. The first-order valence-corrected chi connectivity index (χ1v) is 5.93. The van der Waals surface area contributed by atoms with Crippen LogP contribution in [0.25, 0.3) is 0 Å². The first kappa shape index (κ1) is 12.9. The molecule has 0 aliphatic heterocycles. The van der Waals surface area contributed by atoms with Crippen LogP contribution < -0.4 is 16.2 Å². The summed E-state index contributed by atoms with van der Waals surface area (Å²) < 4.78 is 1.56. The Labute approximate surface area is 110 Å².